The molecule has 0 aliphatic carbocycles. The zero-order valence-electron chi connectivity index (χ0n) is 11.8. The van der Waals surface area contributed by atoms with Gasteiger partial charge >= 0.3 is 0 Å². The highest BCUT2D eigenvalue weighted by Crippen LogP contribution is 2.26. The molecule has 0 saturated carbocycles. The molecule has 2 heterocycles. The first kappa shape index (κ1) is 13.2. The molecular weight excluding hydrogens is 252 g/mol. The van der Waals surface area contributed by atoms with Crippen molar-refractivity contribution in [2.75, 3.05) is 13.1 Å². The standard InChI is InChI=1S/C16H20N2O2/c1-11-2-4-12(5-3-11)16(20)18-9-8-14-13(10-18)6-7-15(19)17-14/h2-5,13-14H,6-10H2,1H3,(H,17,19). The fourth-order valence-corrected chi connectivity index (χ4v) is 3.17. The van der Waals surface area contributed by atoms with Gasteiger partial charge in [0, 0.05) is 31.1 Å². The molecule has 2 amide bonds. The minimum Gasteiger partial charge on any atom is -0.353 e. The molecule has 2 unspecified atom stereocenters. The van der Waals surface area contributed by atoms with Crippen molar-refractivity contribution >= 4 is 11.8 Å². The summed E-state index contributed by atoms with van der Waals surface area (Å²) in [6.45, 7) is 3.51. The van der Waals surface area contributed by atoms with Crippen LogP contribution >= 0.6 is 0 Å². The molecule has 2 saturated heterocycles. The molecule has 20 heavy (non-hydrogen) atoms. The van der Waals surface area contributed by atoms with Crippen molar-refractivity contribution in [1.82, 2.24) is 10.2 Å². The van der Waals surface area contributed by atoms with Gasteiger partial charge in [-0.15, -0.1) is 0 Å². The lowest BCUT2D eigenvalue weighted by molar-refractivity contribution is -0.125. The van der Waals surface area contributed by atoms with Crippen LogP contribution in [-0.4, -0.2) is 35.8 Å². The number of nitrogens with one attached hydrogen (secondary N) is 1. The van der Waals surface area contributed by atoms with Crippen molar-refractivity contribution in [3.05, 3.63) is 35.4 Å². The Bertz CT molecular complexity index is 524. The van der Waals surface area contributed by atoms with Crippen LogP contribution in [-0.2, 0) is 4.79 Å². The van der Waals surface area contributed by atoms with Crippen LogP contribution in [0.25, 0.3) is 0 Å². The van der Waals surface area contributed by atoms with E-state index in [9.17, 15) is 9.59 Å². The minimum absolute atomic E-state index is 0.111. The molecule has 1 N–H and O–H groups in total. The number of nitrogens with zero attached hydrogens (tertiary/aromatic N) is 1. The van der Waals surface area contributed by atoms with E-state index >= 15 is 0 Å². The monoisotopic (exact) mass is 272 g/mol. The van der Waals surface area contributed by atoms with Gasteiger partial charge in [-0.05, 0) is 37.8 Å². The maximum atomic E-state index is 12.5. The number of benzene rings is 1. The number of fused-ring (bicyclic) bond motifs is 1. The van der Waals surface area contributed by atoms with Gasteiger partial charge in [0.15, 0.2) is 0 Å². The fraction of sp³-hybridized carbons (Fsp3) is 0.500. The van der Waals surface area contributed by atoms with Crippen molar-refractivity contribution in [2.45, 2.75) is 32.2 Å². The molecule has 3 rings (SSSR count). The Balaban J connectivity index is 1.68. The molecule has 1 aromatic rings. The predicted octanol–water partition coefficient (Wildman–Crippen LogP) is 1.74. The van der Waals surface area contributed by atoms with Crippen molar-refractivity contribution in [3.8, 4) is 0 Å². The van der Waals surface area contributed by atoms with E-state index in [4.69, 9.17) is 0 Å². The van der Waals surface area contributed by atoms with E-state index in [-0.39, 0.29) is 17.9 Å². The Labute approximate surface area is 119 Å². The number of aryl methyl sites for hydroxylation is 1. The summed E-state index contributed by atoms with van der Waals surface area (Å²) in [4.78, 5) is 25.8. The zero-order chi connectivity index (χ0) is 14.1. The number of carbonyl (C=O) groups excluding carboxylic acids is 2. The van der Waals surface area contributed by atoms with Crippen molar-refractivity contribution in [3.63, 3.8) is 0 Å². The predicted molar refractivity (Wildman–Crippen MR) is 76.4 cm³/mol. The molecule has 0 spiro atoms. The van der Waals surface area contributed by atoms with Gasteiger partial charge < -0.3 is 10.2 Å². The summed E-state index contributed by atoms with van der Waals surface area (Å²) < 4.78 is 0. The van der Waals surface area contributed by atoms with E-state index < -0.39 is 0 Å². The molecule has 4 heteroatoms. The van der Waals surface area contributed by atoms with Gasteiger partial charge in [0.1, 0.15) is 0 Å². The van der Waals surface area contributed by atoms with Crippen LogP contribution in [0.3, 0.4) is 0 Å². The van der Waals surface area contributed by atoms with Crippen LogP contribution in [0.5, 0.6) is 0 Å². The van der Waals surface area contributed by atoms with Crippen LogP contribution in [0.4, 0.5) is 0 Å². The Morgan fingerprint density at radius 3 is 2.75 bits per heavy atom. The van der Waals surface area contributed by atoms with E-state index in [0.29, 0.717) is 12.3 Å². The second kappa shape index (κ2) is 5.27. The van der Waals surface area contributed by atoms with Crippen LogP contribution in [0, 0.1) is 12.8 Å². The van der Waals surface area contributed by atoms with Gasteiger partial charge in [-0.25, -0.2) is 0 Å². The first-order valence-electron chi connectivity index (χ1n) is 7.29. The SMILES string of the molecule is Cc1ccc(C(=O)N2CCC3NC(=O)CCC3C2)cc1. The van der Waals surface area contributed by atoms with Crippen molar-refractivity contribution in [2.24, 2.45) is 5.92 Å². The number of hydrogen-bond donors (Lipinski definition) is 1. The first-order chi connectivity index (χ1) is 9.63. The molecule has 2 fully saturated rings. The number of amides is 2. The van der Waals surface area contributed by atoms with Gasteiger partial charge in [-0.2, -0.15) is 0 Å². The minimum atomic E-state index is 0.111. The Morgan fingerprint density at radius 1 is 1.25 bits per heavy atom. The Kier molecular flexibility index (Phi) is 3.47. The highest BCUT2D eigenvalue weighted by atomic mass is 16.2. The number of rotatable bonds is 1. The topological polar surface area (TPSA) is 49.4 Å². The molecule has 4 nitrogen and oxygen atoms in total. The normalized spacial score (nSPS) is 25.9. The van der Waals surface area contributed by atoms with Gasteiger partial charge in [-0.1, -0.05) is 17.7 Å². The molecule has 0 aromatic heterocycles. The fourth-order valence-electron chi connectivity index (χ4n) is 3.17. The van der Waals surface area contributed by atoms with E-state index in [2.05, 4.69) is 5.32 Å². The highest BCUT2D eigenvalue weighted by molar-refractivity contribution is 5.94. The smallest absolute Gasteiger partial charge is 0.253 e. The van der Waals surface area contributed by atoms with Gasteiger partial charge in [0.2, 0.25) is 5.91 Å². The van der Waals surface area contributed by atoms with Crippen molar-refractivity contribution in [1.29, 1.82) is 0 Å². The Hall–Kier alpha value is -1.84. The van der Waals surface area contributed by atoms with E-state index in [1.54, 1.807) is 0 Å². The highest BCUT2D eigenvalue weighted by Gasteiger charge is 2.35. The average Bonchev–Trinajstić information content (AvgIpc) is 2.47. The molecule has 106 valence electrons. The third kappa shape index (κ3) is 2.55. The summed E-state index contributed by atoms with van der Waals surface area (Å²) in [5, 5.41) is 3.05. The molecular formula is C16H20N2O2. The Morgan fingerprint density at radius 2 is 2.00 bits per heavy atom. The zero-order valence-corrected chi connectivity index (χ0v) is 11.8. The van der Waals surface area contributed by atoms with E-state index in [0.717, 1.165) is 37.1 Å². The summed E-state index contributed by atoms with van der Waals surface area (Å²) in [7, 11) is 0. The lowest BCUT2D eigenvalue weighted by Gasteiger charge is -2.41. The third-order valence-corrected chi connectivity index (χ3v) is 4.41. The molecule has 0 bridgehead atoms. The second-order valence-electron chi connectivity index (χ2n) is 5.88. The van der Waals surface area contributed by atoms with Gasteiger partial charge in [-0.3, -0.25) is 9.59 Å². The van der Waals surface area contributed by atoms with E-state index in [1.807, 2.05) is 36.1 Å². The second-order valence-corrected chi connectivity index (χ2v) is 5.88. The van der Waals surface area contributed by atoms with Crippen LogP contribution in [0.2, 0.25) is 0 Å². The summed E-state index contributed by atoms with van der Waals surface area (Å²) in [6, 6.07) is 8.00. The van der Waals surface area contributed by atoms with Gasteiger partial charge in [0.05, 0.1) is 0 Å². The van der Waals surface area contributed by atoms with Gasteiger partial charge in [0.25, 0.3) is 5.91 Å². The number of likely N-dealkylation sites (tertiary alicyclic amines) is 1. The summed E-state index contributed by atoms with van der Waals surface area (Å²) in [5.41, 5.74) is 1.92. The maximum absolute atomic E-state index is 12.5. The third-order valence-electron chi connectivity index (χ3n) is 4.41. The molecule has 0 radical (unpaired) electrons. The van der Waals surface area contributed by atoms with Crippen LogP contribution in [0.1, 0.15) is 35.2 Å². The maximum Gasteiger partial charge on any atom is 0.253 e. The lowest BCUT2D eigenvalue weighted by atomic mass is 9.85. The van der Waals surface area contributed by atoms with Crippen LogP contribution < -0.4 is 5.32 Å². The molecule has 2 aliphatic rings. The van der Waals surface area contributed by atoms with E-state index in [1.165, 1.54) is 0 Å². The summed E-state index contributed by atoms with van der Waals surface area (Å²) >= 11 is 0. The number of hydrogen-bond acceptors (Lipinski definition) is 2. The van der Waals surface area contributed by atoms with Crippen LogP contribution in [0.15, 0.2) is 24.3 Å². The molecule has 1 aromatic carbocycles. The lowest BCUT2D eigenvalue weighted by Crippen LogP contribution is -2.55. The molecule has 2 atom stereocenters. The quantitative estimate of drug-likeness (QED) is 0.846. The number of carbonyl (C=O) groups is 2. The first-order valence-corrected chi connectivity index (χ1v) is 7.29. The molecule has 2 aliphatic heterocycles. The average molecular weight is 272 g/mol. The summed E-state index contributed by atoms with van der Waals surface area (Å²) in [5.74, 6) is 0.681. The number of piperidine rings is 2. The largest absolute Gasteiger partial charge is 0.353 e. The summed E-state index contributed by atoms with van der Waals surface area (Å²) in [6.07, 6.45) is 2.36. The van der Waals surface area contributed by atoms with Crippen molar-refractivity contribution < 1.29 is 9.59 Å².